The van der Waals surface area contributed by atoms with Gasteiger partial charge < -0.3 is 4.74 Å². The smallest absolute Gasteiger partial charge is 0.306 e. The number of piperidine rings is 1. The van der Waals surface area contributed by atoms with Crippen molar-refractivity contribution in [3.63, 3.8) is 0 Å². The number of esters is 1. The first-order valence-corrected chi connectivity index (χ1v) is 5.47. The lowest BCUT2D eigenvalue weighted by Crippen LogP contribution is -2.44. The fraction of sp³-hybridized carbons (Fsp3) is 0.909. The molecule has 1 fully saturated rings. The second-order valence-corrected chi connectivity index (χ2v) is 4.19. The lowest BCUT2D eigenvalue weighted by Gasteiger charge is -2.38. The molecular formula is C11H21NO2. The quantitative estimate of drug-likeness (QED) is 0.649. The molecule has 1 aliphatic heterocycles. The average Bonchev–Trinajstić information content (AvgIpc) is 2.16. The van der Waals surface area contributed by atoms with Crippen LogP contribution in [0.4, 0.5) is 0 Å². The van der Waals surface area contributed by atoms with Crippen molar-refractivity contribution in [1.82, 2.24) is 4.90 Å². The van der Waals surface area contributed by atoms with Crippen LogP contribution in [0.15, 0.2) is 0 Å². The molecule has 0 amide bonds. The van der Waals surface area contributed by atoms with Gasteiger partial charge in [0.1, 0.15) is 0 Å². The molecule has 0 aromatic heterocycles. The molecule has 0 spiro atoms. The van der Waals surface area contributed by atoms with Gasteiger partial charge in [0.15, 0.2) is 0 Å². The molecule has 3 heteroatoms. The molecule has 0 radical (unpaired) electrons. The lowest BCUT2D eigenvalue weighted by molar-refractivity contribution is -0.141. The maximum atomic E-state index is 11.0. The van der Waals surface area contributed by atoms with Gasteiger partial charge in [-0.05, 0) is 26.7 Å². The number of nitrogens with zero attached hydrogens (tertiary/aromatic N) is 1. The Balaban J connectivity index is 2.36. The second kappa shape index (κ2) is 5.35. The Labute approximate surface area is 86.4 Å². The highest BCUT2D eigenvalue weighted by atomic mass is 16.5. The Hall–Kier alpha value is -0.570. The Morgan fingerprint density at radius 2 is 1.93 bits per heavy atom. The number of ether oxygens (including phenoxy) is 1. The largest absolute Gasteiger partial charge is 0.469 e. The van der Waals surface area contributed by atoms with E-state index in [1.807, 2.05) is 0 Å². The lowest BCUT2D eigenvalue weighted by atomic mass is 9.97. The van der Waals surface area contributed by atoms with Crippen molar-refractivity contribution in [2.45, 2.75) is 51.6 Å². The molecular weight excluding hydrogens is 178 g/mol. The van der Waals surface area contributed by atoms with Crippen molar-refractivity contribution in [2.75, 3.05) is 13.7 Å². The summed E-state index contributed by atoms with van der Waals surface area (Å²) in [5.74, 6) is -0.102. The minimum absolute atomic E-state index is 0.102. The van der Waals surface area contributed by atoms with Crippen molar-refractivity contribution in [2.24, 2.45) is 0 Å². The first-order valence-electron chi connectivity index (χ1n) is 5.47. The van der Waals surface area contributed by atoms with Crippen LogP contribution in [-0.4, -0.2) is 36.6 Å². The van der Waals surface area contributed by atoms with Crippen LogP contribution in [-0.2, 0) is 9.53 Å². The zero-order valence-corrected chi connectivity index (χ0v) is 9.45. The second-order valence-electron chi connectivity index (χ2n) is 4.19. The zero-order valence-electron chi connectivity index (χ0n) is 9.45. The molecule has 1 heterocycles. The monoisotopic (exact) mass is 199 g/mol. The normalized spacial score (nSPS) is 28.8. The number of methoxy groups -OCH3 is 1. The van der Waals surface area contributed by atoms with E-state index in [4.69, 9.17) is 0 Å². The molecule has 1 aliphatic rings. The molecule has 0 aromatic rings. The highest BCUT2D eigenvalue weighted by molar-refractivity contribution is 5.69. The van der Waals surface area contributed by atoms with E-state index in [2.05, 4.69) is 23.5 Å². The summed E-state index contributed by atoms with van der Waals surface area (Å²) >= 11 is 0. The topological polar surface area (TPSA) is 29.5 Å². The van der Waals surface area contributed by atoms with Gasteiger partial charge in [-0.25, -0.2) is 0 Å². The van der Waals surface area contributed by atoms with Gasteiger partial charge in [0, 0.05) is 18.6 Å². The Bertz CT molecular complexity index is 184. The van der Waals surface area contributed by atoms with E-state index in [9.17, 15) is 4.79 Å². The van der Waals surface area contributed by atoms with Crippen LogP contribution in [0.25, 0.3) is 0 Å². The summed E-state index contributed by atoms with van der Waals surface area (Å²) in [6, 6.07) is 1.23. The summed E-state index contributed by atoms with van der Waals surface area (Å²) in [6.07, 6.45) is 4.35. The van der Waals surface area contributed by atoms with Crippen molar-refractivity contribution >= 4 is 5.97 Å². The van der Waals surface area contributed by atoms with Gasteiger partial charge in [0.05, 0.1) is 13.5 Å². The molecule has 0 N–H and O–H groups in total. The number of carbonyl (C=O) groups excluding carboxylic acids is 1. The SMILES string of the molecule is COC(=O)CCN1[C@H](C)CCC[C@@H]1C. The summed E-state index contributed by atoms with van der Waals surface area (Å²) in [5, 5.41) is 0. The van der Waals surface area contributed by atoms with Gasteiger partial charge in [-0.3, -0.25) is 9.69 Å². The fourth-order valence-corrected chi connectivity index (χ4v) is 2.24. The minimum atomic E-state index is -0.102. The van der Waals surface area contributed by atoms with Crippen molar-refractivity contribution < 1.29 is 9.53 Å². The molecule has 1 rings (SSSR count). The number of hydrogen-bond donors (Lipinski definition) is 0. The molecule has 0 aliphatic carbocycles. The highest BCUT2D eigenvalue weighted by Crippen LogP contribution is 2.22. The molecule has 1 saturated heterocycles. The Morgan fingerprint density at radius 3 is 2.43 bits per heavy atom. The van der Waals surface area contributed by atoms with E-state index in [0.29, 0.717) is 18.5 Å². The highest BCUT2D eigenvalue weighted by Gasteiger charge is 2.24. The van der Waals surface area contributed by atoms with Gasteiger partial charge in [-0.1, -0.05) is 6.42 Å². The van der Waals surface area contributed by atoms with Crippen LogP contribution in [0.5, 0.6) is 0 Å². The third kappa shape index (κ3) is 2.98. The van der Waals surface area contributed by atoms with Crippen molar-refractivity contribution in [1.29, 1.82) is 0 Å². The molecule has 0 bridgehead atoms. The fourth-order valence-electron chi connectivity index (χ4n) is 2.24. The first-order chi connectivity index (χ1) is 6.65. The van der Waals surface area contributed by atoms with Crippen LogP contribution >= 0.6 is 0 Å². The van der Waals surface area contributed by atoms with Gasteiger partial charge in [0.25, 0.3) is 0 Å². The molecule has 82 valence electrons. The molecule has 2 atom stereocenters. The van der Waals surface area contributed by atoms with E-state index < -0.39 is 0 Å². The maximum Gasteiger partial charge on any atom is 0.306 e. The predicted octanol–water partition coefficient (Wildman–Crippen LogP) is 1.81. The predicted molar refractivity (Wildman–Crippen MR) is 56.1 cm³/mol. The van der Waals surface area contributed by atoms with Crippen LogP contribution < -0.4 is 0 Å². The average molecular weight is 199 g/mol. The first kappa shape index (κ1) is 11.5. The summed E-state index contributed by atoms with van der Waals surface area (Å²) in [5.41, 5.74) is 0. The molecule has 0 unspecified atom stereocenters. The summed E-state index contributed by atoms with van der Waals surface area (Å²) in [7, 11) is 1.45. The van der Waals surface area contributed by atoms with Gasteiger partial charge in [0.2, 0.25) is 0 Å². The van der Waals surface area contributed by atoms with Crippen LogP contribution in [0, 0.1) is 0 Å². The number of carbonyl (C=O) groups is 1. The van der Waals surface area contributed by atoms with Crippen LogP contribution in [0.2, 0.25) is 0 Å². The van der Waals surface area contributed by atoms with Crippen LogP contribution in [0.1, 0.15) is 39.5 Å². The molecule has 3 nitrogen and oxygen atoms in total. The summed E-state index contributed by atoms with van der Waals surface area (Å²) < 4.78 is 4.65. The Morgan fingerprint density at radius 1 is 1.36 bits per heavy atom. The third-order valence-electron chi connectivity index (χ3n) is 3.18. The van der Waals surface area contributed by atoms with E-state index in [1.54, 1.807) is 0 Å². The minimum Gasteiger partial charge on any atom is -0.469 e. The van der Waals surface area contributed by atoms with Gasteiger partial charge >= 0.3 is 5.97 Å². The standard InChI is InChI=1S/C11H21NO2/c1-9-5-4-6-10(2)12(9)8-7-11(13)14-3/h9-10H,4-8H2,1-3H3/t9-,10+. The van der Waals surface area contributed by atoms with E-state index in [0.717, 1.165) is 6.54 Å². The maximum absolute atomic E-state index is 11.0. The third-order valence-corrected chi connectivity index (χ3v) is 3.18. The summed E-state index contributed by atoms with van der Waals surface area (Å²) in [6.45, 7) is 5.33. The van der Waals surface area contributed by atoms with Crippen LogP contribution in [0.3, 0.4) is 0 Å². The van der Waals surface area contributed by atoms with E-state index in [-0.39, 0.29) is 5.97 Å². The van der Waals surface area contributed by atoms with Crippen molar-refractivity contribution in [3.05, 3.63) is 0 Å². The number of hydrogen-bond acceptors (Lipinski definition) is 3. The zero-order chi connectivity index (χ0) is 10.6. The Kier molecular flexibility index (Phi) is 4.39. The molecule has 14 heavy (non-hydrogen) atoms. The molecule has 0 aromatic carbocycles. The van der Waals surface area contributed by atoms with Gasteiger partial charge in [-0.15, -0.1) is 0 Å². The van der Waals surface area contributed by atoms with Gasteiger partial charge in [-0.2, -0.15) is 0 Å². The molecule has 0 saturated carbocycles. The van der Waals surface area contributed by atoms with E-state index in [1.165, 1.54) is 26.4 Å². The van der Waals surface area contributed by atoms with E-state index >= 15 is 0 Å². The van der Waals surface area contributed by atoms with Crippen molar-refractivity contribution in [3.8, 4) is 0 Å². The number of rotatable bonds is 3. The summed E-state index contributed by atoms with van der Waals surface area (Å²) in [4.78, 5) is 13.4. The number of likely N-dealkylation sites (tertiary alicyclic amines) is 1.